The molecule has 0 unspecified atom stereocenters. The van der Waals surface area contributed by atoms with Gasteiger partial charge in [-0.2, -0.15) is 0 Å². The molecule has 0 saturated carbocycles. The Morgan fingerprint density at radius 3 is 2.64 bits per heavy atom. The maximum Gasteiger partial charge on any atom is 0.254 e. The first kappa shape index (κ1) is 15.6. The lowest BCUT2D eigenvalue weighted by Gasteiger charge is -2.12. The summed E-state index contributed by atoms with van der Waals surface area (Å²) in [6.07, 6.45) is 2.63. The van der Waals surface area contributed by atoms with Crippen LogP contribution in [0.5, 0.6) is 5.75 Å². The minimum absolute atomic E-state index is 0.0482. The second kappa shape index (κ2) is 6.30. The maximum absolute atomic E-state index is 11.9. The first-order chi connectivity index (χ1) is 10.4. The number of methoxy groups -OCH3 is 1. The number of ether oxygens (including phenoxy) is 1. The smallest absolute Gasteiger partial charge is 0.254 e. The lowest BCUT2D eigenvalue weighted by molar-refractivity contribution is 0.0826. The average Bonchev–Trinajstić information content (AvgIpc) is 2.49. The molecule has 0 spiro atoms. The Labute approximate surface area is 126 Å². The number of rotatable bonds is 4. The van der Waals surface area contributed by atoms with Crippen LogP contribution in [0.1, 0.15) is 16.1 Å². The van der Waals surface area contributed by atoms with E-state index in [2.05, 4.69) is 0 Å². The molecule has 0 bridgehead atoms. The quantitative estimate of drug-likeness (QED) is 0.824. The van der Waals surface area contributed by atoms with Crippen LogP contribution in [0.25, 0.3) is 0 Å². The van der Waals surface area contributed by atoms with E-state index >= 15 is 0 Å². The summed E-state index contributed by atoms with van der Waals surface area (Å²) < 4.78 is 11.4. The van der Waals surface area contributed by atoms with Gasteiger partial charge in [-0.15, -0.1) is 0 Å². The molecule has 7 nitrogen and oxygen atoms in total. The highest BCUT2D eigenvalue weighted by Gasteiger charge is 2.11. The van der Waals surface area contributed by atoms with Crippen LogP contribution >= 0.6 is 0 Å². The Kier molecular flexibility index (Phi) is 4.45. The van der Waals surface area contributed by atoms with Gasteiger partial charge in [-0.1, -0.05) is 0 Å². The van der Waals surface area contributed by atoms with E-state index in [0.717, 1.165) is 0 Å². The van der Waals surface area contributed by atoms with E-state index in [-0.39, 0.29) is 29.2 Å². The zero-order chi connectivity index (χ0) is 16.3. The summed E-state index contributed by atoms with van der Waals surface area (Å²) in [6, 6.07) is 4.02. The van der Waals surface area contributed by atoms with Gasteiger partial charge in [0.1, 0.15) is 12.0 Å². The van der Waals surface area contributed by atoms with Crippen molar-refractivity contribution >= 4 is 5.91 Å². The number of nitrogens with zero attached hydrogens (tertiary/aromatic N) is 2. The molecule has 2 aromatic heterocycles. The van der Waals surface area contributed by atoms with Crippen molar-refractivity contribution in [2.45, 2.75) is 6.54 Å². The van der Waals surface area contributed by atoms with E-state index in [9.17, 15) is 14.4 Å². The van der Waals surface area contributed by atoms with Crippen molar-refractivity contribution in [1.29, 1.82) is 0 Å². The number of hydrogen-bond donors (Lipinski definition) is 0. The van der Waals surface area contributed by atoms with Crippen LogP contribution in [0, 0.1) is 0 Å². The van der Waals surface area contributed by atoms with Gasteiger partial charge in [0.25, 0.3) is 11.5 Å². The van der Waals surface area contributed by atoms with Gasteiger partial charge in [-0.25, -0.2) is 0 Å². The lowest BCUT2D eigenvalue weighted by Crippen LogP contribution is -2.26. The van der Waals surface area contributed by atoms with Crippen molar-refractivity contribution in [3.05, 3.63) is 62.6 Å². The molecule has 22 heavy (non-hydrogen) atoms. The molecule has 2 rings (SSSR count). The fourth-order valence-corrected chi connectivity index (χ4v) is 1.88. The number of amides is 1. The Hall–Kier alpha value is -2.83. The van der Waals surface area contributed by atoms with Gasteiger partial charge >= 0.3 is 0 Å². The minimum Gasteiger partial charge on any atom is -0.490 e. The Morgan fingerprint density at radius 1 is 1.32 bits per heavy atom. The second-order valence-corrected chi connectivity index (χ2v) is 4.86. The van der Waals surface area contributed by atoms with Crippen molar-refractivity contribution in [2.75, 3.05) is 21.2 Å². The summed E-state index contributed by atoms with van der Waals surface area (Å²) in [5, 5.41) is 0. The fourth-order valence-electron chi connectivity index (χ4n) is 1.88. The molecule has 2 aromatic rings. The van der Waals surface area contributed by atoms with E-state index < -0.39 is 0 Å². The van der Waals surface area contributed by atoms with E-state index in [0.29, 0.717) is 11.3 Å². The Balaban J connectivity index is 2.35. The van der Waals surface area contributed by atoms with Crippen LogP contribution < -0.4 is 15.7 Å². The monoisotopic (exact) mass is 304 g/mol. The Bertz CT molecular complexity index is 804. The second-order valence-electron chi connectivity index (χ2n) is 4.86. The highest BCUT2D eigenvalue weighted by Crippen LogP contribution is 2.07. The molecule has 0 aliphatic rings. The van der Waals surface area contributed by atoms with Gasteiger partial charge in [0.05, 0.1) is 19.2 Å². The third kappa shape index (κ3) is 3.25. The standard InChI is InChI=1S/C15H16N2O5/c1-16(2)15(20)10-4-5-14(19)17(7-10)8-11-6-12(18)13(21-3)9-22-11/h4-7,9H,8H2,1-3H3. The molecule has 2 heterocycles. The molecule has 0 fully saturated rings. The molecular weight excluding hydrogens is 288 g/mol. The third-order valence-electron chi connectivity index (χ3n) is 3.03. The molecule has 0 aliphatic heterocycles. The van der Waals surface area contributed by atoms with Crippen molar-refractivity contribution in [1.82, 2.24) is 9.47 Å². The maximum atomic E-state index is 11.9. The molecule has 0 saturated heterocycles. The first-order valence-corrected chi connectivity index (χ1v) is 6.50. The minimum atomic E-state index is -0.336. The summed E-state index contributed by atoms with van der Waals surface area (Å²) in [7, 11) is 4.62. The van der Waals surface area contributed by atoms with Gasteiger partial charge in [0.2, 0.25) is 11.2 Å². The summed E-state index contributed by atoms with van der Waals surface area (Å²) in [5.41, 5.74) is -0.258. The number of carbonyl (C=O) groups excluding carboxylic acids is 1. The highest BCUT2D eigenvalue weighted by atomic mass is 16.5. The van der Waals surface area contributed by atoms with Crippen molar-refractivity contribution in [2.24, 2.45) is 0 Å². The largest absolute Gasteiger partial charge is 0.490 e. The van der Waals surface area contributed by atoms with Gasteiger partial charge in [-0.3, -0.25) is 14.4 Å². The summed E-state index contributed by atoms with van der Waals surface area (Å²) >= 11 is 0. The summed E-state index contributed by atoms with van der Waals surface area (Å²) in [5.74, 6) is 0.167. The molecule has 0 N–H and O–H groups in total. The molecule has 1 amide bonds. The molecule has 0 aromatic carbocycles. The van der Waals surface area contributed by atoms with Gasteiger partial charge in [0.15, 0.2) is 0 Å². The van der Waals surface area contributed by atoms with Crippen LogP contribution in [0.4, 0.5) is 0 Å². The zero-order valence-electron chi connectivity index (χ0n) is 12.5. The van der Waals surface area contributed by atoms with Crippen LogP contribution in [-0.4, -0.2) is 36.6 Å². The number of pyridine rings is 1. The molecule has 7 heteroatoms. The number of hydrogen-bond acceptors (Lipinski definition) is 5. The third-order valence-corrected chi connectivity index (χ3v) is 3.03. The van der Waals surface area contributed by atoms with Gasteiger partial charge in [0, 0.05) is 32.4 Å². The van der Waals surface area contributed by atoms with Crippen LogP contribution in [0.2, 0.25) is 0 Å². The first-order valence-electron chi connectivity index (χ1n) is 6.50. The van der Waals surface area contributed by atoms with E-state index in [1.165, 1.54) is 47.2 Å². The molecule has 0 atom stereocenters. The molecule has 116 valence electrons. The van der Waals surface area contributed by atoms with E-state index in [1.807, 2.05) is 0 Å². The molecule has 0 radical (unpaired) electrons. The van der Waals surface area contributed by atoms with Crippen molar-refractivity contribution < 1.29 is 13.9 Å². The molecule has 0 aliphatic carbocycles. The van der Waals surface area contributed by atoms with Crippen molar-refractivity contribution in [3.63, 3.8) is 0 Å². The number of aromatic nitrogens is 1. The summed E-state index contributed by atoms with van der Waals surface area (Å²) in [6.45, 7) is 0.0482. The predicted octanol–water partition coefficient (Wildman–Crippen LogP) is 0.560. The zero-order valence-corrected chi connectivity index (χ0v) is 12.5. The van der Waals surface area contributed by atoms with E-state index in [4.69, 9.17) is 9.15 Å². The lowest BCUT2D eigenvalue weighted by atomic mass is 10.2. The molecular formula is C15H16N2O5. The van der Waals surface area contributed by atoms with E-state index in [1.54, 1.807) is 14.1 Å². The summed E-state index contributed by atoms with van der Waals surface area (Å²) in [4.78, 5) is 36.9. The van der Waals surface area contributed by atoms with Crippen molar-refractivity contribution in [3.8, 4) is 5.75 Å². The SMILES string of the molecule is COc1coc(Cn2cc(C(=O)N(C)C)ccc2=O)cc1=O. The normalized spacial score (nSPS) is 10.3. The van der Waals surface area contributed by atoms with Gasteiger partial charge in [-0.05, 0) is 6.07 Å². The fraction of sp³-hybridized carbons (Fsp3) is 0.267. The average molecular weight is 304 g/mol. The predicted molar refractivity (Wildman–Crippen MR) is 79.4 cm³/mol. The van der Waals surface area contributed by atoms with Crippen LogP contribution in [0.15, 0.2) is 44.7 Å². The Morgan fingerprint density at radius 2 is 2.05 bits per heavy atom. The van der Waals surface area contributed by atoms with Gasteiger partial charge < -0.3 is 18.6 Å². The van der Waals surface area contributed by atoms with Crippen LogP contribution in [-0.2, 0) is 6.54 Å². The highest BCUT2D eigenvalue weighted by molar-refractivity contribution is 5.93. The number of carbonyl (C=O) groups is 1. The topological polar surface area (TPSA) is 81.8 Å². The van der Waals surface area contributed by atoms with Crippen LogP contribution in [0.3, 0.4) is 0 Å².